The number of nitrogens with zero attached hydrogens (tertiary/aromatic N) is 3. The lowest BCUT2D eigenvalue weighted by atomic mass is 10.2. The number of hydrogen-bond donors (Lipinski definition) is 2. The molecule has 27 heavy (non-hydrogen) atoms. The molecule has 0 saturated carbocycles. The molecule has 3 heterocycles. The Balaban J connectivity index is 1.95. The zero-order chi connectivity index (χ0) is 19.3. The first-order chi connectivity index (χ1) is 12.8. The van der Waals surface area contributed by atoms with E-state index in [4.69, 9.17) is 0 Å². The molecule has 138 valence electrons. The fraction of sp³-hybridized carbons (Fsp3) is 0.111. The second-order valence-electron chi connectivity index (χ2n) is 6.11. The van der Waals surface area contributed by atoms with E-state index >= 15 is 0 Å². The van der Waals surface area contributed by atoms with Gasteiger partial charge in [0.25, 0.3) is 15.9 Å². The summed E-state index contributed by atoms with van der Waals surface area (Å²) < 4.78 is 28.6. The SMILES string of the molecule is CN1C(C(=O)Nc2ccncc2)=C(O)c2c(c3ccccc3n2C)S1(=O)=O. The average molecular weight is 384 g/mol. The number of pyridine rings is 1. The number of hydrogen-bond acceptors (Lipinski definition) is 5. The highest BCUT2D eigenvalue weighted by molar-refractivity contribution is 7.89. The first-order valence-electron chi connectivity index (χ1n) is 8.05. The van der Waals surface area contributed by atoms with E-state index in [0.717, 1.165) is 4.31 Å². The summed E-state index contributed by atoms with van der Waals surface area (Å²) in [5.74, 6) is -1.13. The standard InChI is InChI=1S/C18H16N4O4S/c1-21-13-6-4-3-5-12(13)17-14(21)16(23)15(22(2)27(17,25)26)18(24)20-11-7-9-19-10-8-11/h3-10,23H,1-2H3,(H,19,20,24). The van der Waals surface area contributed by atoms with Crippen LogP contribution in [0.5, 0.6) is 0 Å². The van der Waals surface area contributed by atoms with Crippen LogP contribution < -0.4 is 5.32 Å². The van der Waals surface area contributed by atoms with E-state index in [2.05, 4.69) is 10.3 Å². The number of aliphatic hydroxyl groups is 1. The molecular formula is C18H16N4O4S. The molecule has 0 aliphatic carbocycles. The molecule has 8 nitrogen and oxygen atoms in total. The summed E-state index contributed by atoms with van der Waals surface area (Å²) in [6.07, 6.45) is 2.99. The molecule has 9 heteroatoms. The van der Waals surface area contributed by atoms with Gasteiger partial charge in [-0.25, -0.2) is 8.42 Å². The number of carbonyl (C=O) groups excluding carboxylic acids is 1. The van der Waals surface area contributed by atoms with Gasteiger partial charge in [-0.2, -0.15) is 0 Å². The topological polar surface area (TPSA) is 105 Å². The number of aromatic nitrogens is 2. The molecule has 4 rings (SSSR count). The Morgan fingerprint density at radius 1 is 1.11 bits per heavy atom. The molecule has 0 spiro atoms. The van der Waals surface area contributed by atoms with Gasteiger partial charge in [0.15, 0.2) is 11.5 Å². The van der Waals surface area contributed by atoms with Crippen molar-refractivity contribution in [2.75, 3.05) is 12.4 Å². The summed E-state index contributed by atoms with van der Waals surface area (Å²) in [6, 6.07) is 10.1. The van der Waals surface area contributed by atoms with Crippen LogP contribution in [0.1, 0.15) is 5.69 Å². The third-order valence-corrected chi connectivity index (χ3v) is 6.43. The number of nitrogens with one attached hydrogen (secondary N) is 1. The molecule has 1 aromatic carbocycles. The van der Waals surface area contributed by atoms with E-state index in [9.17, 15) is 18.3 Å². The number of rotatable bonds is 2. The first-order valence-corrected chi connectivity index (χ1v) is 9.49. The molecule has 0 saturated heterocycles. The molecule has 2 N–H and O–H groups in total. The smallest absolute Gasteiger partial charge is 0.276 e. The van der Waals surface area contributed by atoms with Crippen molar-refractivity contribution in [3.8, 4) is 0 Å². The number of anilines is 1. The monoisotopic (exact) mass is 384 g/mol. The van der Waals surface area contributed by atoms with Crippen LogP contribution in [-0.2, 0) is 21.9 Å². The lowest BCUT2D eigenvalue weighted by Gasteiger charge is -2.27. The molecule has 2 aromatic heterocycles. The molecule has 1 aliphatic heterocycles. The zero-order valence-corrected chi connectivity index (χ0v) is 15.4. The Morgan fingerprint density at radius 3 is 2.48 bits per heavy atom. The number of likely N-dealkylation sites (N-methyl/N-ethyl adjacent to an activating group) is 1. The van der Waals surface area contributed by atoms with Crippen molar-refractivity contribution in [1.82, 2.24) is 13.9 Å². The highest BCUT2D eigenvalue weighted by Crippen LogP contribution is 2.40. The van der Waals surface area contributed by atoms with Crippen LogP contribution in [0.4, 0.5) is 5.69 Å². The van der Waals surface area contributed by atoms with Crippen molar-refractivity contribution in [2.24, 2.45) is 7.05 Å². The van der Waals surface area contributed by atoms with Gasteiger partial charge in [-0.3, -0.25) is 14.1 Å². The normalized spacial score (nSPS) is 15.7. The number of aliphatic hydroxyl groups excluding tert-OH is 1. The maximum atomic E-state index is 13.1. The van der Waals surface area contributed by atoms with Crippen molar-refractivity contribution in [3.63, 3.8) is 0 Å². The Kier molecular flexibility index (Phi) is 3.70. The maximum Gasteiger partial charge on any atom is 0.276 e. The third-order valence-electron chi connectivity index (χ3n) is 4.60. The summed E-state index contributed by atoms with van der Waals surface area (Å²) in [5.41, 5.74) is 0.824. The van der Waals surface area contributed by atoms with Crippen LogP contribution in [0.3, 0.4) is 0 Å². The van der Waals surface area contributed by atoms with Crippen molar-refractivity contribution < 1.29 is 18.3 Å². The Hall–Kier alpha value is -3.33. The fourth-order valence-electron chi connectivity index (χ4n) is 3.28. The van der Waals surface area contributed by atoms with Gasteiger partial charge in [0, 0.05) is 43.1 Å². The van der Waals surface area contributed by atoms with E-state index < -0.39 is 21.7 Å². The lowest BCUT2D eigenvalue weighted by molar-refractivity contribution is -0.113. The van der Waals surface area contributed by atoms with E-state index in [-0.39, 0.29) is 16.3 Å². The third kappa shape index (κ3) is 2.39. The van der Waals surface area contributed by atoms with Crippen molar-refractivity contribution >= 4 is 38.3 Å². The van der Waals surface area contributed by atoms with E-state index in [0.29, 0.717) is 16.6 Å². The number of para-hydroxylation sites is 1. The minimum absolute atomic E-state index is 0.0129. The highest BCUT2D eigenvalue weighted by Gasteiger charge is 2.41. The molecule has 1 aliphatic rings. The number of aryl methyl sites for hydroxylation is 1. The molecule has 0 bridgehead atoms. The quantitative estimate of drug-likeness (QED) is 0.704. The summed E-state index contributed by atoms with van der Waals surface area (Å²) in [6.45, 7) is 0. The first kappa shape index (κ1) is 17.1. The van der Waals surface area contributed by atoms with Gasteiger partial charge in [-0.05, 0) is 18.2 Å². The second-order valence-corrected chi connectivity index (χ2v) is 8.02. The van der Waals surface area contributed by atoms with Gasteiger partial charge < -0.3 is 15.0 Å². The lowest BCUT2D eigenvalue weighted by Crippen LogP contribution is -2.37. The van der Waals surface area contributed by atoms with Gasteiger partial charge in [0.1, 0.15) is 10.6 Å². The largest absolute Gasteiger partial charge is 0.504 e. The number of benzene rings is 1. The van der Waals surface area contributed by atoms with Gasteiger partial charge in [0.2, 0.25) is 0 Å². The van der Waals surface area contributed by atoms with Gasteiger partial charge in [-0.1, -0.05) is 18.2 Å². The zero-order valence-electron chi connectivity index (χ0n) is 14.5. The van der Waals surface area contributed by atoms with Crippen LogP contribution in [0, 0.1) is 0 Å². The van der Waals surface area contributed by atoms with Gasteiger partial charge in [0.05, 0.1) is 0 Å². The van der Waals surface area contributed by atoms with Crippen molar-refractivity contribution in [3.05, 3.63) is 60.2 Å². The second kappa shape index (κ2) is 5.85. The summed E-state index contributed by atoms with van der Waals surface area (Å²) in [4.78, 5) is 16.6. The van der Waals surface area contributed by atoms with Crippen molar-refractivity contribution in [2.45, 2.75) is 4.90 Å². The predicted molar refractivity (Wildman–Crippen MR) is 100 cm³/mol. The Bertz CT molecular complexity index is 1210. The van der Waals surface area contributed by atoms with Crippen LogP contribution >= 0.6 is 0 Å². The van der Waals surface area contributed by atoms with Crippen LogP contribution in [-0.4, -0.2) is 40.3 Å². The van der Waals surface area contributed by atoms with Gasteiger partial charge in [-0.15, -0.1) is 0 Å². The summed E-state index contributed by atoms with van der Waals surface area (Å²) in [7, 11) is -1.13. The highest BCUT2D eigenvalue weighted by atomic mass is 32.2. The van der Waals surface area contributed by atoms with Crippen LogP contribution in [0.25, 0.3) is 16.7 Å². The molecule has 0 fully saturated rings. The Labute approximate surface area is 155 Å². The van der Waals surface area contributed by atoms with E-state index in [1.807, 2.05) is 0 Å². The van der Waals surface area contributed by atoms with Crippen LogP contribution in [0.2, 0.25) is 0 Å². The molecule has 3 aromatic rings. The minimum atomic E-state index is -4.02. The fourth-order valence-corrected chi connectivity index (χ4v) is 4.89. The molecular weight excluding hydrogens is 368 g/mol. The molecule has 0 radical (unpaired) electrons. The number of sulfonamides is 1. The van der Waals surface area contributed by atoms with Gasteiger partial charge >= 0.3 is 0 Å². The maximum absolute atomic E-state index is 13.1. The predicted octanol–water partition coefficient (Wildman–Crippen LogP) is 2.07. The Morgan fingerprint density at radius 2 is 1.78 bits per heavy atom. The molecule has 0 atom stereocenters. The molecule has 1 amide bonds. The van der Waals surface area contributed by atoms with E-state index in [1.54, 1.807) is 48.0 Å². The summed E-state index contributed by atoms with van der Waals surface area (Å²) in [5, 5.41) is 13.9. The van der Waals surface area contributed by atoms with Crippen LogP contribution in [0.15, 0.2) is 59.4 Å². The molecule has 0 unspecified atom stereocenters. The number of fused-ring (bicyclic) bond motifs is 3. The minimum Gasteiger partial charge on any atom is -0.504 e. The average Bonchev–Trinajstić information content (AvgIpc) is 2.95. The summed E-state index contributed by atoms with van der Waals surface area (Å²) >= 11 is 0. The van der Waals surface area contributed by atoms with E-state index in [1.165, 1.54) is 19.4 Å². The number of amides is 1. The van der Waals surface area contributed by atoms with Crippen molar-refractivity contribution in [1.29, 1.82) is 0 Å². The number of carbonyl (C=O) groups is 1.